The zero-order valence-corrected chi connectivity index (χ0v) is 10.1. The van der Waals surface area contributed by atoms with Gasteiger partial charge in [-0.3, -0.25) is 4.68 Å². The van der Waals surface area contributed by atoms with Gasteiger partial charge in [0.05, 0.1) is 0 Å². The summed E-state index contributed by atoms with van der Waals surface area (Å²) in [6.07, 6.45) is 1.41. The van der Waals surface area contributed by atoms with Crippen LogP contribution in [0.5, 0.6) is 0 Å². The molecule has 1 heterocycles. The Hall–Kier alpha value is -1.08. The molecule has 0 aliphatic heterocycles. The maximum absolute atomic E-state index is 12.0. The smallest absolute Gasteiger partial charge is 0.248 e. The van der Waals surface area contributed by atoms with E-state index in [1.807, 2.05) is 0 Å². The van der Waals surface area contributed by atoms with E-state index in [9.17, 15) is 8.42 Å². The van der Waals surface area contributed by atoms with Gasteiger partial charge in [-0.25, -0.2) is 8.42 Å². The minimum absolute atomic E-state index is 0.0324. The van der Waals surface area contributed by atoms with Crippen LogP contribution in [0.15, 0.2) is 11.1 Å². The Morgan fingerprint density at radius 3 is 2.40 bits per heavy atom. The summed E-state index contributed by atoms with van der Waals surface area (Å²) in [5.41, 5.74) is 5.53. The summed E-state index contributed by atoms with van der Waals surface area (Å²) in [6.45, 7) is 3.59. The van der Waals surface area contributed by atoms with E-state index in [2.05, 4.69) is 5.10 Å². The van der Waals surface area contributed by atoms with Gasteiger partial charge in [0.25, 0.3) is 0 Å². The van der Waals surface area contributed by atoms with Crippen molar-refractivity contribution in [1.82, 2.24) is 14.1 Å². The highest BCUT2D eigenvalue weighted by Gasteiger charge is 2.27. The van der Waals surface area contributed by atoms with Gasteiger partial charge in [-0.1, -0.05) is 0 Å². The van der Waals surface area contributed by atoms with E-state index < -0.39 is 10.0 Å². The van der Waals surface area contributed by atoms with E-state index >= 15 is 0 Å². The second kappa shape index (κ2) is 3.82. The summed E-state index contributed by atoms with van der Waals surface area (Å²) >= 11 is 0. The molecule has 15 heavy (non-hydrogen) atoms. The highest BCUT2D eigenvalue weighted by atomic mass is 32.2. The highest BCUT2D eigenvalue weighted by molar-refractivity contribution is 7.89. The molecule has 0 unspecified atom stereocenters. The fourth-order valence-corrected chi connectivity index (χ4v) is 2.57. The van der Waals surface area contributed by atoms with Gasteiger partial charge in [-0.05, 0) is 13.8 Å². The van der Waals surface area contributed by atoms with Gasteiger partial charge in [0, 0.05) is 26.3 Å². The van der Waals surface area contributed by atoms with Crippen LogP contribution in [0.3, 0.4) is 0 Å². The summed E-state index contributed by atoms with van der Waals surface area (Å²) in [6, 6.07) is -0.116. The molecule has 7 heteroatoms. The van der Waals surface area contributed by atoms with Crippen molar-refractivity contribution < 1.29 is 8.42 Å². The largest absolute Gasteiger partial charge is 0.381 e. The predicted octanol–water partition coefficient (Wildman–Crippen LogP) is 0.0312. The molecule has 0 spiro atoms. The first-order chi connectivity index (χ1) is 6.76. The molecule has 86 valence electrons. The number of nitrogens with two attached hydrogens (primary N) is 1. The molecule has 0 fully saturated rings. The van der Waals surface area contributed by atoms with Gasteiger partial charge in [-0.2, -0.15) is 9.40 Å². The Kier molecular flexibility index (Phi) is 3.05. The first kappa shape index (κ1) is 12.0. The number of aromatic nitrogens is 2. The van der Waals surface area contributed by atoms with Crippen LogP contribution in [0.4, 0.5) is 5.82 Å². The normalized spacial score (nSPS) is 12.7. The lowest BCUT2D eigenvalue weighted by atomic mass is 10.4. The van der Waals surface area contributed by atoms with Crippen LogP contribution >= 0.6 is 0 Å². The molecule has 0 amide bonds. The number of rotatable bonds is 3. The quantitative estimate of drug-likeness (QED) is 0.797. The van der Waals surface area contributed by atoms with Crippen molar-refractivity contribution in [3.05, 3.63) is 6.20 Å². The van der Waals surface area contributed by atoms with Crippen molar-refractivity contribution in [2.24, 2.45) is 7.05 Å². The molecule has 0 aliphatic rings. The molecule has 1 rings (SSSR count). The topological polar surface area (TPSA) is 81.2 Å². The van der Waals surface area contributed by atoms with Gasteiger partial charge in [0.1, 0.15) is 4.90 Å². The average Bonchev–Trinajstić information content (AvgIpc) is 2.44. The van der Waals surface area contributed by atoms with Crippen LogP contribution in [0, 0.1) is 0 Å². The summed E-state index contributed by atoms with van der Waals surface area (Å²) in [4.78, 5) is 0.0567. The predicted molar refractivity (Wildman–Crippen MR) is 57.7 cm³/mol. The van der Waals surface area contributed by atoms with Crippen molar-refractivity contribution >= 4 is 15.8 Å². The molecule has 0 atom stereocenters. The van der Waals surface area contributed by atoms with Gasteiger partial charge < -0.3 is 5.73 Å². The number of hydrogen-bond donors (Lipinski definition) is 1. The standard InChI is InChI=1S/C8H16N4O2S/c1-6(2)12(4)15(13,14)7-5-11(3)10-8(7)9/h5-6H,1-4H3,(H2,9,10). The molecule has 1 aromatic rings. The number of aryl methyl sites for hydroxylation is 1. The Bertz CT molecular complexity index is 449. The molecule has 0 saturated carbocycles. The molecule has 2 N–H and O–H groups in total. The van der Waals surface area contributed by atoms with E-state index in [0.717, 1.165) is 0 Å². The Morgan fingerprint density at radius 2 is 2.07 bits per heavy atom. The van der Waals surface area contributed by atoms with Crippen molar-refractivity contribution in [2.75, 3.05) is 12.8 Å². The van der Waals surface area contributed by atoms with Gasteiger partial charge in [-0.15, -0.1) is 0 Å². The van der Waals surface area contributed by atoms with Crippen LogP contribution < -0.4 is 5.73 Å². The fourth-order valence-electron chi connectivity index (χ4n) is 1.12. The third-order valence-corrected chi connectivity index (χ3v) is 4.26. The highest BCUT2D eigenvalue weighted by Crippen LogP contribution is 2.20. The van der Waals surface area contributed by atoms with Crippen molar-refractivity contribution in [1.29, 1.82) is 0 Å². The Labute approximate surface area is 89.7 Å². The van der Waals surface area contributed by atoms with Crippen molar-refractivity contribution in [3.63, 3.8) is 0 Å². The van der Waals surface area contributed by atoms with E-state index in [1.54, 1.807) is 20.9 Å². The molecule has 0 aliphatic carbocycles. The Morgan fingerprint density at radius 1 is 1.53 bits per heavy atom. The van der Waals surface area contributed by atoms with E-state index in [4.69, 9.17) is 5.73 Å². The average molecular weight is 232 g/mol. The lowest BCUT2D eigenvalue weighted by Gasteiger charge is -2.20. The molecule has 1 aromatic heterocycles. The summed E-state index contributed by atoms with van der Waals surface area (Å²) in [5, 5.41) is 3.81. The maximum Gasteiger partial charge on any atom is 0.248 e. The molecule has 0 bridgehead atoms. The molecular weight excluding hydrogens is 216 g/mol. The first-order valence-electron chi connectivity index (χ1n) is 4.54. The number of sulfonamides is 1. The molecule has 0 saturated heterocycles. The molecular formula is C8H16N4O2S. The van der Waals surface area contributed by atoms with Crippen LogP contribution in [0.2, 0.25) is 0 Å². The maximum atomic E-state index is 12.0. The fraction of sp³-hybridized carbons (Fsp3) is 0.625. The first-order valence-corrected chi connectivity index (χ1v) is 5.98. The zero-order chi connectivity index (χ0) is 11.8. The minimum Gasteiger partial charge on any atom is -0.381 e. The minimum atomic E-state index is -3.52. The van der Waals surface area contributed by atoms with Crippen molar-refractivity contribution in [3.8, 4) is 0 Å². The summed E-state index contributed by atoms with van der Waals surface area (Å²) in [5.74, 6) is 0.0324. The number of anilines is 1. The number of hydrogen-bond acceptors (Lipinski definition) is 4. The third-order valence-electron chi connectivity index (χ3n) is 2.21. The lowest BCUT2D eigenvalue weighted by molar-refractivity contribution is 0.411. The third kappa shape index (κ3) is 2.13. The van der Waals surface area contributed by atoms with Gasteiger partial charge in [0.15, 0.2) is 5.82 Å². The molecule has 0 aromatic carbocycles. The van der Waals surface area contributed by atoms with Crippen molar-refractivity contribution in [2.45, 2.75) is 24.8 Å². The van der Waals surface area contributed by atoms with Crippen LogP contribution in [0.25, 0.3) is 0 Å². The molecule has 6 nitrogen and oxygen atoms in total. The van der Waals surface area contributed by atoms with E-state index in [1.165, 1.54) is 22.2 Å². The van der Waals surface area contributed by atoms with Gasteiger partial charge in [0.2, 0.25) is 10.0 Å². The number of nitrogen functional groups attached to an aromatic ring is 1. The molecule has 0 radical (unpaired) electrons. The van der Waals surface area contributed by atoms with Crippen LogP contribution in [-0.2, 0) is 17.1 Å². The zero-order valence-electron chi connectivity index (χ0n) is 9.30. The van der Waals surface area contributed by atoms with Gasteiger partial charge >= 0.3 is 0 Å². The monoisotopic (exact) mass is 232 g/mol. The Balaban J connectivity index is 3.23. The second-order valence-electron chi connectivity index (χ2n) is 3.67. The van der Waals surface area contributed by atoms with E-state index in [-0.39, 0.29) is 16.8 Å². The van der Waals surface area contributed by atoms with Crippen LogP contribution in [-0.4, -0.2) is 35.6 Å². The number of nitrogens with zero attached hydrogens (tertiary/aromatic N) is 3. The van der Waals surface area contributed by atoms with E-state index in [0.29, 0.717) is 0 Å². The SMILES string of the molecule is CC(C)N(C)S(=O)(=O)c1cn(C)nc1N. The summed E-state index contributed by atoms with van der Waals surface area (Å²) < 4.78 is 26.7. The van der Waals surface area contributed by atoms with Crippen LogP contribution in [0.1, 0.15) is 13.8 Å². The summed E-state index contributed by atoms with van der Waals surface area (Å²) in [7, 11) is -0.373. The lowest BCUT2D eigenvalue weighted by Crippen LogP contribution is -2.33. The second-order valence-corrected chi connectivity index (χ2v) is 5.63.